The highest BCUT2D eigenvalue weighted by Crippen LogP contribution is 2.36. The Kier molecular flexibility index (Phi) is 7.37. The zero-order valence-electron chi connectivity index (χ0n) is 17.3. The smallest absolute Gasteiger partial charge is 0.329 e. The second-order valence-corrected chi connectivity index (χ2v) is 8.81. The van der Waals surface area contributed by atoms with Crippen LogP contribution in [0.25, 0.3) is 11.1 Å². The third kappa shape index (κ3) is 5.02. The molecule has 2 aromatic rings. The summed E-state index contributed by atoms with van der Waals surface area (Å²) in [6.45, 7) is 6.64. The van der Waals surface area contributed by atoms with E-state index in [9.17, 15) is 9.59 Å². The number of benzene rings is 2. The van der Waals surface area contributed by atoms with Crippen molar-refractivity contribution in [3.05, 3.63) is 60.2 Å². The third-order valence-electron chi connectivity index (χ3n) is 5.09. The summed E-state index contributed by atoms with van der Waals surface area (Å²) in [4.78, 5) is 27.7. The lowest BCUT2D eigenvalue weighted by atomic mass is 10.0. The molecule has 2 unspecified atom stereocenters. The van der Waals surface area contributed by atoms with Gasteiger partial charge in [0.1, 0.15) is 6.04 Å². The SMILES string of the molecule is CCCCOC(=O)C1CSC(C(C)C)N1C(=O)c1ccc(-c2ccccc2)cc1. The molecule has 1 heterocycles. The van der Waals surface area contributed by atoms with Crippen molar-refractivity contribution in [2.75, 3.05) is 12.4 Å². The van der Waals surface area contributed by atoms with Crippen molar-refractivity contribution in [3.63, 3.8) is 0 Å². The van der Waals surface area contributed by atoms with Gasteiger partial charge in [-0.25, -0.2) is 4.79 Å². The lowest BCUT2D eigenvalue weighted by molar-refractivity contribution is -0.148. The summed E-state index contributed by atoms with van der Waals surface area (Å²) in [5.74, 6) is 0.442. The highest BCUT2D eigenvalue weighted by Gasteiger charge is 2.43. The molecule has 1 saturated heterocycles. The molecule has 0 saturated carbocycles. The molecular weight excluding hydrogens is 382 g/mol. The molecule has 154 valence electrons. The molecule has 4 nitrogen and oxygen atoms in total. The van der Waals surface area contributed by atoms with Gasteiger partial charge in [0.2, 0.25) is 0 Å². The van der Waals surface area contributed by atoms with E-state index in [1.165, 1.54) is 0 Å². The number of unbranched alkanes of at least 4 members (excludes halogenated alkanes) is 1. The molecule has 0 aromatic heterocycles. The van der Waals surface area contributed by atoms with Crippen molar-refractivity contribution in [3.8, 4) is 11.1 Å². The van der Waals surface area contributed by atoms with E-state index in [1.807, 2.05) is 54.6 Å². The Bertz CT molecular complexity index is 820. The Hall–Kier alpha value is -2.27. The zero-order chi connectivity index (χ0) is 20.8. The van der Waals surface area contributed by atoms with Gasteiger partial charge in [0.05, 0.1) is 12.0 Å². The standard InChI is InChI=1S/C24H29NO3S/c1-4-5-15-28-24(27)21-16-29-23(17(2)3)25(21)22(26)20-13-11-19(12-14-20)18-9-7-6-8-10-18/h6-14,17,21,23H,4-5,15-16H2,1-3H3. The maximum absolute atomic E-state index is 13.4. The van der Waals surface area contributed by atoms with Gasteiger partial charge in [0, 0.05) is 11.3 Å². The van der Waals surface area contributed by atoms with E-state index in [4.69, 9.17) is 4.74 Å². The first-order valence-corrected chi connectivity index (χ1v) is 11.3. The summed E-state index contributed by atoms with van der Waals surface area (Å²) in [6, 6.07) is 17.2. The highest BCUT2D eigenvalue weighted by molar-refractivity contribution is 8.00. The number of amides is 1. The molecule has 1 fully saturated rings. The topological polar surface area (TPSA) is 46.6 Å². The Balaban J connectivity index is 1.80. The van der Waals surface area contributed by atoms with Gasteiger partial charge in [0.15, 0.2) is 0 Å². The van der Waals surface area contributed by atoms with Gasteiger partial charge in [-0.3, -0.25) is 4.79 Å². The van der Waals surface area contributed by atoms with Gasteiger partial charge in [-0.15, -0.1) is 11.8 Å². The average molecular weight is 412 g/mol. The van der Waals surface area contributed by atoms with Crippen LogP contribution in [0.2, 0.25) is 0 Å². The highest BCUT2D eigenvalue weighted by atomic mass is 32.2. The molecule has 0 N–H and O–H groups in total. The second-order valence-electron chi connectivity index (χ2n) is 7.66. The average Bonchev–Trinajstić information content (AvgIpc) is 3.20. The zero-order valence-corrected chi connectivity index (χ0v) is 18.2. The van der Waals surface area contributed by atoms with Crippen molar-refractivity contribution < 1.29 is 14.3 Å². The third-order valence-corrected chi connectivity index (χ3v) is 6.71. The lowest BCUT2D eigenvalue weighted by Crippen LogP contribution is -2.47. The molecule has 0 spiro atoms. The summed E-state index contributed by atoms with van der Waals surface area (Å²) in [6.07, 6.45) is 1.81. The van der Waals surface area contributed by atoms with Crippen LogP contribution in [0.3, 0.4) is 0 Å². The van der Waals surface area contributed by atoms with E-state index in [0.717, 1.165) is 24.0 Å². The molecular formula is C24H29NO3S. The molecule has 2 aromatic carbocycles. The van der Waals surface area contributed by atoms with Crippen molar-refractivity contribution in [2.45, 2.75) is 45.0 Å². The molecule has 0 radical (unpaired) electrons. The maximum atomic E-state index is 13.4. The van der Waals surface area contributed by atoms with E-state index >= 15 is 0 Å². The van der Waals surface area contributed by atoms with Crippen LogP contribution in [0, 0.1) is 5.92 Å². The Morgan fingerprint density at radius 3 is 2.34 bits per heavy atom. The van der Waals surface area contributed by atoms with E-state index < -0.39 is 6.04 Å². The van der Waals surface area contributed by atoms with Crippen LogP contribution in [0.15, 0.2) is 54.6 Å². The molecule has 0 aliphatic carbocycles. The van der Waals surface area contributed by atoms with Crippen LogP contribution < -0.4 is 0 Å². The largest absolute Gasteiger partial charge is 0.464 e. The minimum absolute atomic E-state index is 0.0278. The van der Waals surface area contributed by atoms with E-state index in [2.05, 4.69) is 20.8 Å². The molecule has 29 heavy (non-hydrogen) atoms. The van der Waals surface area contributed by atoms with Gasteiger partial charge in [-0.1, -0.05) is 69.7 Å². The summed E-state index contributed by atoms with van der Waals surface area (Å²) < 4.78 is 5.44. The van der Waals surface area contributed by atoms with Crippen molar-refractivity contribution in [1.29, 1.82) is 0 Å². The summed E-state index contributed by atoms with van der Waals surface area (Å²) in [7, 11) is 0. The summed E-state index contributed by atoms with van der Waals surface area (Å²) in [5.41, 5.74) is 2.78. The van der Waals surface area contributed by atoms with Crippen LogP contribution in [0.4, 0.5) is 0 Å². The Morgan fingerprint density at radius 2 is 1.72 bits per heavy atom. The minimum Gasteiger partial charge on any atom is -0.464 e. The van der Waals surface area contributed by atoms with Crippen molar-refractivity contribution in [2.24, 2.45) is 5.92 Å². The van der Waals surface area contributed by atoms with Crippen molar-refractivity contribution >= 4 is 23.6 Å². The van der Waals surface area contributed by atoms with Crippen LogP contribution in [0.1, 0.15) is 44.0 Å². The molecule has 1 aliphatic heterocycles. The van der Waals surface area contributed by atoms with Crippen molar-refractivity contribution in [1.82, 2.24) is 4.90 Å². The van der Waals surface area contributed by atoms with E-state index in [-0.39, 0.29) is 23.2 Å². The number of ether oxygens (including phenoxy) is 1. The van der Waals surface area contributed by atoms with Gasteiger partial charge in [0.25, 0.3) is 5.91 Å². The maximum Gasteiger partial charge on any atom is 0.329 e. The molecule has 0 bridgehead atoms. The predicted octanol–water partition coefficient (Wildman–Crippen LogP) is 5.24. The number of carbonyl (C=O) groups excluding carboxylic acids is 2. The lowest BCUT2D eigenvalue weighted by Gasteiger charge is -2.30. The van der Waals surface area contributed by atoms with Gasteiger partial charge in [-0.2, -0.15) is 0 Å². The van der Waals surface area contributed by atoms with E-state index in [1.54, 1.807) is 16.7 Å². The Labute approximate surface area is 177 Å². The summed E-state index contributed by atoms with van der Waals surface area (Å²) in [5, 5.41) is -0.0278. The minimum atomic E-state index is -0.523. The monoisotopic (exact) mass is 411 g/mol. The van der Waals surface area contributed by atoms with Crippen LogP contribution in [-0.4, -0.2) is 40.6 Å². The van der Waals surface area contributed by atoms with Gasteiger partial charge in [-0.05, 0) is 35.6 Å². The number of carbonyl (C=O) groups is 2. The fraction of sp³-hybridized carbons (Fsp3) is 0.417. The normalized spacial score (nSPS) is 18.8. The second kappa shape index (κ2) is 9.97. The number of hydrogen-bond acceptors (Lipinski definition) is 4. The number of hydrogen-bond donors (Lipinski definition) is 0. The van der Waals surface area contributed by atoms with Crippen LogP contribution in [-0.2, 0) is 9.53 Å². The van der Waals surface area contributed by atoms with Gasteiger partial charge >= 0.3 is 5.97 Å². The molecule has 5 heteroatoms. The van der Waals surface area contributed by atoms with E-state index in [0.29, 0.717) is 17.9 Å². The van der Waals surface area contributed by atoms with Crippen LogP contribution >= 0.6 is 11.8 Å². The predicted molar refractivity (Wildman–Crippen MR) is 119 cm³/mol. The number of rotatable bonds is 7. The van der Waals surface area contributed by atoms with Crippen LogP contribution in [0.5, 0.6) is 0 Å². The van der Waals surface area contributed by atoms with Gasteiger partial charge < -0.3 is 9.64 Å². The number of thioether (sulfide) groups is 1. The summed E-state index contributed by atoms with van der Waals surface area (Å²) >= 11 is 1.66. The molecule has 2 atom stereocenters. The molecule has 3 rings (SSSR count). The first-order chi connectivity index (χ1) is 14.0. The fourth-order valence-corrected chi connectivity index (χ4v) is 4.94. The Morgan fingerprint density at radius 1 is 1.07 bits per heavy atom. The quantitative estimate of drug-likeness (QED) is 0.462. The first-order valence-electron chi connectivity index (χ1n) is 10.3. The molecule has 1 amide bonds. The fourth-order valence-electron chi connectivity index (χ4n) is 3.48. The molecule has 1 aliphatic rings. The number of esters is 1. The number of nitrogens with zero attached hydrogens (tertiary/aromatic N) is 1. The first kappa shape index (κ1) is 21.4.